The van der Waals surface area contributed by atoms with Gasteiger partial charge in [-0.25, -0.2) is 4.98 Å². The summed E-state index contributed by atoms with van der Waals surface area (Å²) in [4.78, 5) is 16.2. The molecule has 0 saturated heterocycles. The van der Waals surface area contributed by atoms with Gasteiger partial charge in [0.1, 0.15) is 11.6 Å². The largest absolute Gasteiger partial charge is 0.491 e. The van der Waals surface area contributed by atoms with E-state index in [-0.39, 0.29) is 28.7 Å². The van der Waals surface area contributed by atoms with Crippen molar-refractivity contribution < 1.29 is 22.7 Å². The van der Waals surface area contributed by atoms with Crippen molar-refractivity contribution in [3.05, 3.63) is 71.6 Å². The van der Waals surface area contributed by atoms with Crippen LogP contribution in [0.5, 0.6) is 5.75 Å². The topological polar surface area (TPSA) is 51.2 Å². The number of allylic oxidation sites excluding steroid dienone is 2. The maximum atomic E-state index is 13.4. The number of alkyl halides is 3. The Kier molecular flexibility index (Phi) is 6.49. The number of hydrogen-bond acceptors (Lipinski definition) is 4. The van der Waals surface area contributed by atoms with Crippen LogP contribution in [0.15, 0.2) is 54.9 Å². The van der Waals surface area contributed by atoms with E-state index in [1.165, 1.54) is 6.08 Å². The molecule has 1 aromatic heterocycles. The number of pyridine rings is 1. The van der Waals surface area contributed by atoms with Gasteiger partial charge in [-0.15, -0.1) is 0 Å². The van der Waals surface area contributed by atoms with E-state index < -0.39 is 11.7 Å². The molecular weight excluding hydrogens is 417 g/mol. The SMILES string of the molecule is C=C(c1cccc(OC(C)C)c1)c1cc(C(F)(F)F)cnc1NC1=CC(=O)CC(C)(C)C1. The summed E-state index contributed by atoms with van der Waals surface area (Å²) in [5, 5.41) is 3.08. The molecule has 0 saturated carbocycles. The van der Waals surface area contributed by atoms with E-state index >= 15 is 0 Å². The molecule has 1 aliphatic carbocycles. The first-order valence-corrected chi connectivity index (χ1v) is 10.4. The molecule has 0 amide bonds. The number of nitrogens with one attached hydrogen (secondary N) is 1. The summed E-state index contributed by atoms with van der Waals surface area (Å²) in [6, 6.07) is 8.06. The molecule has 0 bridgehead atoms. The lowest BCUT2D eigenvalue weighted by Gasteiger charge is -2.29. The summed E-state index contributed by atoms with van der Waals surface area (Å²) in [6.45, 7) is 11.8. The van der Waals surface area contributed by atoms with Gasteiger partial charge >= 0.3 is 6.18 Å². The summed E-state index contributed by atoms with van der Waals surface area (Å²) in [6.07, 6.45) is -1.33. The average Bonchev–Trinajstić information content (AvgIpc) is 2.65. The third kappa shape index (κ3) is 5.78. The first kappa shape index (κ1) is 23.6. The monoisotopic (exact) mass is 444 g/mol. The van der Waals surface area contributed by atoms with Gasteiger partial charge in [0.2, 0.25) is 0 Å². The molecule has 1 heterocycles. The smallest absolute Gasteiger partial charge is 0.417 e. The second-order valence-electron chi connectivity index (χ2n) is 9.07. The second kappa shape index (κ2) is 8.81. The first-order chi connectivity index (χ1) is 14.8. The number of ether oxygens (including phenoxy) is 1. The van der Waals surface area contributed by atoms with Gasteiger partial charge in [0, 0.05) is 30.0 Å². The molecule has 32 heavy (non-hydrogen) atoms. The third-order valence-corrected chi connectivity index (χ3v) is 5.03. The van der Waals surface area contributed by atoms with Crippen molar-refractivity contribution in [2.24, 2.45) is 5.41 Å². The van der Waals surface area contributed by atoms with Crippen LogP contribution in [0, 0.1) is 5.41 Å². The van der Waals surface area contributed by atoms with Gasteiger partial charge in [0.25, 0.3) is 0 Å². The minimum Gasteiger partial charge on any atom is -0.491 e. The highest BCUT2D eigenvalue weighted by molar-refractivity contribution is 5.93. The van der Waals surface area contributed by atoms with Gasteiger partial charge in [0.15, 0.2) is 5.78 Å². The van der Waals surface area contributed by atoms with E-state index in [1.54, 1.807) is 24.3 Å². The predicted octanol–water partition coefficient (Wildman–Crippen LogP) is 6.63. The van der Waals surface area contributed by atoms with Crippen molar-refractivity contribution >= 4 is 17.2 Å². The zero-order chi connectivity index (χ0) is 23.7. The van der Waals surface area contributed by atoms with Crippen molar-refractivity contribution in [3.8, 4) is 5.75 Å². The lowest BCUT2D eigenvalue weighted by atomic mass is 9.79. The van der Waals surface area contributed by atoms with Crippen molar-refractivity contribution in [2.45, 2.75) is 52.8 Å². The number of nitrogens with zero attached hydrogens (tertiary/aromatic N) is 1. The van der Waals surface area contributed by atoms with Crippen LogP contribution >= 0.6 is 0 Å². The van der Waals surface area contributed by atoms with Gasteiger partial charge in [0.05, 0.1) is 11.7 Å². The summed E-state index contributed by atoms with van der Waals surface area (Å²) < 4.78 is 46.0. The molecule has 170 valence electrons. The Bertz CT molecular complexity index is 1070. The molecule has 1 aromatic carbocycles. The van der Waals surface area contributed by atoms with E-state index in [4.69, 9.17) is 4.74 Å². The molecule has 0 fully saturated rings. The van der Waals surface area contributed by atoms with Gasteiger partial charge in [-0.05, 0) is 55.0 Å². The summed E-state index contributed by atoms with van der Waals surface area (Å²) in [7, 11) is 0. The molecule has 0 unspecified atom stereocenters. The normalized spacial score (nSPS) is 16.0. The van der Waals surface area contributed by atoms with E-state index in [9.17, 15) is 18.0 Å². The van der Waals surface area contributed by atoms with Crippen LogP contribution < -0.4 is 10.1 Å². The number of carbonyl (C=O) groups is 1. The van der Waals surface area contributed by atoms with Gasteiger partial charge < -0.3 is 10.1 Å². The molecule has 4 nitrogen and oxygen atoms in total. The minimum atomic E-state index is -4.55. The van der Waals surface area contributed by atoms with Crippen LogP contribution in [0.4, 0.5) is 19.0 Å². The van der Waals surface area contributed by atoms with E-state index in [0.29, 0.717) is 35.4 Å². The van der Waals surface area contributed by atoms with Crippen LogP contribution in [0.25, 0.3) is 5.57 Å². The number of rotatable bonds is 6. The lowest BCUT2D eigenvalue weighted by molar-refractivity contribution is -0.137. The number of hydrogen-bond donors (Lipinski definition) is 1. The van der Waals surface area contributed by atoms with Gasteiger partial charge in [-0.3, -0.25) is 4.79 Å². The molecule has 0 aliphatic heterocycles. The van der Waals surface area contributed by atoms with Crippen LogP contribution in [0.1, 0.15) is 57.2 Å². The lowest BCUT2D eigenvalue weighted by Crippen LogP contribution is -2.25. The quantitative estimate of drug-likeness (QED) is 0.543. The van der Waals surface area contributed by atoms with Gasteiger partial charge in [-0.1, -0.05) is 32.6 Å². The molecule has 0 radical (unpaired) electrons. The Morgan fingerprint density at radius 3 is 2.56 bits per heavy atom. The molecule has 2 aromatic rings. The molecular formula is C25H27F3N2O2. The Labute approximate surface area is 186 Å². The summed E-state index contributed by atoms with van der Waals surface area (Å²) >= 11 is 0. The molecule has 1 N–H and O–H groups in total. The van der Waals surface area contributed by atoms with Gasteiger partial charge in [-0.2, -0.15) is 13.2 Å². The minimum absolute atomic E-state index is 0.0328. The molecule has 1 aliphatic rings. The zero-order valence-electron chi connectivity index (χ0n) is 18.6. The van der Waals surface area contributed by atoms with Crippen LogP contribution in [-0.4, -0.2) is 16.9 Å². The number of benzene rings is 1. The van der Waals surface area contributed by atoms with E-state index in [2.05, 4.69) is 16.9 Å². The van der Waals surface area contributed by atoms with E-state index in [1.807, 2.05) is 27.7 Å². The number of aromatic nitrogens is 1. The van der Waals surface area contributed by atoms with Crippen molar-refractivity contribution in [2.75, 3.05) is 5.32 Å². The van der Waals surface area contributed by atoms with Crippen molar-refractivity contribution in [3.63, 3.8) is 0 Å². The third-order valence-electron chi connectivity index (χ3n) is 5.03. The highest BCUT2D eigenvalue weighted by atomic mass is 19.4. The Hall–Kier alpha value is -3.09. The zero-order valence-corrected chi connectivity index (χ0v) is 18.6. The highest BCUT2D eigenvalue weighted by Gasteiger charge is 2.33. The fraction of sp³-hybridized carbons (Fsp3) is 0.360. The Morgan fingerprint density at radius 1 is 1.22 bits per heavy atom. The van der Waals surface area contributed by atoms with Crippen LogP contribution in [0.2, 0.25) is 0 Å². The Morgan fingerprint density at radius 2 is 1.94 bits per heavy atom. The molecule has 0 spiro atoms. The van der Waals surface area contributed by atoms with E-state index in [0.717, 1.165) is 12.3 Å². The second-order valence-corrected chi connectivity index (χ2v) is 9.07. The molecule has 7 heteroatoms. The standard InChI is InChI=1S/C25H27F3N2O2/c1-15(2)32-21-8-6-7-17(9-21)16(3)22-10-18(25(26,27)28)14-29-23(22)30-19-11-20(31)13-24(4,5)12-19/h6-11,14-15H,3,12-13H2,1-2,4-5H3,(H,29,30). The maximum absolute atomic E-state index is 13.4. The number of carbonyl (C=O) groups excluding carboxylic acids is 1. The van der Waals surface area contributed by atoms with Crippen LogP contribution in [0.3, 0.4) is 0 Å². The maximum Gasteiger partial charge on any atom is 0.417 e. The fourth-order valence-electron chi connectivity index (χ4n) is 3.71. The Balaban J connectivity index is 2.03. The average molecular weight is 444 g/mol. The summed E-state index contributed by atoms with van der Waals surface area (Å²) in [5.41, 5.74) is 0.675. The number of ketones is 1. The molecule has 3 rings (SSSR count). The number of halogens is 3. The highest BCUT2D eigenvalue weighted by Crippen LogP contribution is 2.38. The molecule has 0 atom stereocenters. The first-order valence-electron chi connectivity index (χ1n) is 10.4. The van der Waals surface area contributed by atoms with Crippen LogP contribution in [-0.2, 0) is 11.0 Å². The number of anilines is 1. The van der Waals surface area contributed by atoms with Crippen molar-refractivity contribution in [1.82, 2.24) is 4.98 Å². The fourth-order valence-corrected chi connectivity index (χ4v) is 3.71. The predicted molar refractivity (Wildman–Crippen MR) is 119 cm³/mol. The summed E-state index contributed by atoms with van der Waals surface area (Å²) in [5.74, 6) is 0.778. The van der Waals surface area contributed by atoms with Crippen molar-refractivity contribution in [1.29, 1.82) is 0 Å².